The van der Waals surface area contributed by atoms with E-state index < -0.39 is 11.7 Å². The Balaban J connectivity index is 1.75. The number of aryl methyl sites for hydroxylation is 1. The monoisotopic (exact) mass is 481 g/mol. The van der Waals surface area contributed by atoms with Crippen LogP contribution in [0.2, 0.25) is 10.0 Å². The van der Waals surface area contributed by atoms with Crippen LogP contribution in [0.25, 0.3) is 10.9 Å². The topological polar surface area (TPSA) is 73.2 Å². The summed E-state index contributed by atoms with van der Waals surface area (Å²) in [7, 11) is 1.48. The maximum absolute atomic E-state index is 13.3. The van der Waals surface area contributed by atoms with Crippen LogP contribution in [0.15, 0.2) is 54.7 Å². The second-order valence-electron chi connectivity index (χ2n) is 7.67. The quantitative estimate of drug-likeness (QED) is 0.277. The van der Waals surface area contributed by atoms with Gasteiger partial charge in [-0.25, -0.2) is 4.98 Å². The molecule has 4 aromatic rings. The largest absolute Gasteiger partial charge is 0.481 e. The predicted octanol–water partition coefficient (Wildman–Crippen LogP) is 5.84. The van der Waals surface area contributed by atoms with Crippen molar-refractivity contribution in [3.63, 3.8) is 0 Å². The van der Waals surface area contributed by atoms with Crippen LogP contribution >= 0.6 is 23.2 Å². The molecular weight excluding hydrogens is 461 g/mol. The lowest BCUT2D eigenvalue weighted by atomic mass is 10.0. The Morgan fingerprint density at radius 3 is 2.58 bits per heavy atom. The van der Waals surface area contributed by atoms with Crippen molar-refractivity contribution >= 4 is 51.5 Å². The molecule has 0 aliphatic rings. The first-order valence-corrected chi connectivity index (χ1v) is 10.9. The van der Waals surface area contributed by atoms with Crippen molar-refractivity contribution in [2.45, 2.75) is 20.4 Å². The van der Waals surface area contributed by atoms with Crippen molar-refractivity contribution in [2.75, 3.05) is 12.4 Å². The fraction of sp³-hybridized carbons (Fsp3) is 0.160. The average Bonchev–Trinajstić information content (AvgIpc) is 3.05. The molecular formula is C25H21Cl2N3O3. The standard InChI is InChI=1S/C25H21Cl2N3O3/c1-14-4-7-21-19(10-14)23(15(2)30(21)13-16-5-6-17(26)11-20(16)27)24(31)25(32)29-18-8-9-28-22(12-18)33-3/h4-12H,13H2,1-3H3,(H,28,29,32). The molecule has 2 heterocycles. The summed E-state index contributed by atoms with van der Waals surface area (Å²) in [5.41, 5.74) is 4.13. The Bertz CT molecular complexity index is 1400. The smallest absolute Gasteiger partial charge is 0.296 e. The van der Waals surface area contributed by atoms with E-state index in [0.29, 0.717) is 44.8 Å². The third-order valence-corrected chi connectivity index (χ3v) is 6.04. The minimum Gasteiger partial charge on any atom is -0.481 e. The molecule has 1 N–H and O–H groups in total. The Morgan fingerprint density at radius 1 is 1.06 bits per heavy atom. The lowest BCUT2D eigenvalue weighted by Gasteiger charge is -2.11. The molecule has 33 heavy (non-hydrogen) atoms. The number of nitrogens with one attached hydrogen (secondary N) is 1. The fourth-order valence-corrected chi connectivity index (χ4v) is 4.28. The number of carbonyl (C=O) groups excluding carboxylic acids is 2. The van der Waals surface area contributed by atoms with E-state index in [2.05, 4.69) is 10.3 Å². The van der Waals surface area contributed by atoms with Gasteiger partial charge < -0.3 is 14.6 Å². The molecule has 0 atom stereocenters. The molecule has 0 saturated heterocycles. The van der Waals surface area contributed by atoms with Gasteiger partial charge >= 0.3 is 0 Å². The Labute approximate surface area is 201 Å². The zero-order chi connectivity index (χ0) is 23.7. The number of methoxy groups -OCH3 is 1. The number of benzene rings is 2. The minimum absolute atomic E-state index is 0.337. The molecule has 0 bridgehead atoms. The number of nitrogens with zero attached hydrogens (tertiary/aromatic N) is 2. The highest BCUT2D eigenvalue weighted by Crippen LogP contribution is 2.30. The number of hydrogen-bond acceptors (Lipinski definition) is 4. The van der Waals surface area contributed by atoms with Gasteiger partial charge in [-0.3, -0.25) is 9.59 Å². The molecule has 4 rings (SSSR count). The van der Waals surface area contributed by atoms with Crippen LogP contribution in [-0.4, -0.2) is 28.4 Å². The van der Waals surface area contributed by atoms with Gasteiger partial charge in [0.25, 0.3) is 11.7 Å². The van der Waals surface area contributed by atoms with E-state index in [9.17, 15) is 9.59 Å². The third-order valence-electron chi connectivity index (χ3n) is 5.46. The summed E-state index contributed by atoms with van der Waals surface area (Å²) in [6.45, 7) is 4.20. The van der Waals surface area contributed by atoms with E-state index in [0.717, 1.165) is 16.6 Å². The summed E-state index contributed by atoms with van der Waals surface area (Å²) in [5, 5.41) is 4.44. The van der Waals surface area contributed by atoms with Gasteiger partial charge in [-0.1, -0.05) is 40.9 Å². The van der Waals surface area contributed by atoms with Crippen LogP contribution in [0.5, 0.6) is 5.88 Å². The summed E-state index contributed by atoms with van der Waals surface area (Å²) in [6.07, 6.45) is 1.50. The second-order valence-corrected chi connectivity index (χ2v) is 8.52. The number of halogens is 2. The van der Waals surface area contributed by atoms with E-state index in [1.54, 1.807) is 24.3 Å². The first-order valence-electron chi connectivity index (χ1n) is 10.2. The molecule has 0 unspecified atom stereocenters. The second kappa shape index (κ2) is 9.25. The summed E-state index contributed by atoms with van der Waals surface area (Å²) >= 11 is 12.4. The van der Waals surface area contributed by atoms with Crippen molar-refractivity contribution in [2.24, 2.45) is 0 Å². The molecule has 6 nitrogen and oxygen atoms in total. The predicted molar refractivity (Wildman–Crippen MR) is 131 cm³/mol. The normalized spacial score (nSPS) is 10.9. The molecule has 2 aromatic carbocycles. The molecule has 168 valence electrons. The number of aromatic nitrogens is 2. The maximum Gasteiger partial charge on any atom is 0.296 e. The highest BCUT2D eigenvalue weighted by molar-refractivity contribution is 6.48. The summed E-state index contributed by atoms with van der Waals surface area (Å²) < 4.78 is 7.06. The van der Waals surface area contributed by atoms with E-state index in [1.165, 1.54) is 13.3 Å². The lowest BCUT2D eigenvalue weighted by Crippen LogP contribution is -2.23. The van der Waals surface area contributed by atoms with Crippen LogP contribution in [0.3, 0.4) is 0 Å². The van der Waals surface area contributed by atoms with Crippen LogP contribution in [0.1, 0.15) is 27.2 Å². The average molecular weight is 482 g/mol. The van der Waals surface area contributed by atoms with Crippen molar-refractivity contribution in [1.29, 1.82) is 0 Å². The van der Waals surface area contributed by atoms with Gasteiger partial charge in [0.05, 0.1) is 12.7 Å². The van der Waals surface area contributed by atoms with Crippen LogP contribution in [0.4, 0.5) is 5.69 Å². The molecule has 2 aromatic heterocycles. The zero-order valence-electron chi connectivity index (χ0n) is 18.3. The number of pyridine rings is 1. The van der Waals surface area contributed by atoms with Crippen LogP contribution in [0, 0.1) is 13.8 Å². The van der Waals surface area contributed by atoms with Crippen molar-refractivity contribution < 1.29 is 14.3 Å². The number of anilines is 1. The first kappa shape index (κ1) is 22.8. The highest BCUT2D eigenvalue weighted by atomic mass is 35.5. The van der Waals surface area contributed by atoms with Crippen LogP contribution in [-0.2, 0) is 11.3 Å². The molecule has 0 aliphatic heterocycles. The number of hydrogen-bond donors (Lipinski definition) is 1. The van der Waals surface area contributed by atoms with Gasteiger partial charge in [0.2, 0.25) is 5.88 Å². The molecule has 0 radical (unpaired) electrons. The fourth-order valence-electron chi connectivity index (χ4n) is 3.81. The Hall–Kier alpha value is -3.35. The van der Waals surface area contributed by atoms with E-state index >= 15 is 0 Å². The maximum atomic E-state index is 13.3. The minimum atomic E-state index is -0.739. The number of rotatable bonds is 6. The number of ether oxygens (including phenoxy) is 1. The van der Waals surface area contributed by atoms with Crippen molar-refractivity contribution in [3.8, 4) is 5.88 Å². The van der Waals surface area contributed by atoms with Gasteiger partial charge in [0.1, 0.15) is 0 Å². The number of amides is 1. The van der Waals surface area contributed by atoms with Crippen molar-refractivity contribution in [1.82, 2.24) is 9.55 Å². The molecule has 0 fully saturated rings. The summed E-state index contributed by atoms with van der Waals surface area (Å²) in [6, 6.07) is 14.3. The first-order chi connectivity index (χ1) is 15.8. The van der Waals surface area contributed by atoms with Gasteiger partial charge in [0, 0.05) is 51.1 Å². The number of ketones is 1. The number of fused-ring (bicyclic) bond motifs is 1. The van der Waals surface area contributed by atoms with E-state index in [-0.39, 0.29) is 0 Å². The van der Waals surface area contributed by atoms with Gasteiger partial charge in [-0.2, -0.15) is 0 Å². The molecule has 1 amide bonds. The third kappa shape index (κ3) is 4.58. The Kier molecular flexibility index (Phi) is 6.40. The molecule has 0 aliphatic carbocycles. The summed E-state index contributed by atoms with van der Waals surface area (Å²) in [5.74, 6) is -1.03. The van der Waals surface area contributed by atoms with Gasteiger partial charge in [-0.15, -0.1) is 0 Å². The molecule has 0 spiro atoms. The SMILES string of the molecule is COc1cc(NC(=O)C(=O)c2c(C)n(Cc3ccc(Cl)cc3Cl)c3ccc(C)cc23)ccn1. The number of Topliss-reactive ketones (excluding diaryl/α,β-unsaturated/α-hetero) is 1. The van der Waals surface area contributed by atoms with Crippen molar-refractivity contribution in [3.05, 3.63) is 87.2 Å². The van der Waals surface area contributed by atoms with Gasteiger partial charge in [0.15, 0.2) is 0 Å². The summed E-state index contributed by atoms with van der Waals surface area (Å²) in [4.78, 5) is 30.2. The lowest BCUT2D eigenvalue weighted by molar-refractivity contribution is -0.112. The highest BCUT2D eigenvalue weighted by Gasteiger charge is 2.26. The van der Waals surface area contributed by atoms with E-state index in [1.807, 2.05) is 42.7 Å². The van der Waals surface area contributed by atoms with Gasteiger partial charge in [-0.05, 0) is 49.7 Å². The van der Waals surface area contributed by atoms with Crippen LogP contribution < -0.4 is 10.1 Å². The molecule has 0 saturated carbocycles. The Morgan fingerprint density at radius 2 is 1.85 bits per heavy atom. The molecule has 8 heteroatoms. The number of carbonyl (C=O) groups is 2. The zero-order valence-corrected chi connectivity index (χ0v) is 19.8. The van der Waals surface area contributed by atoms with E-state index in [4.69, 9.17) is 27.9 Å².